The van der Waals surface area contributed by atoms with E-state index in [0.29, 0.717) is 11.7 Å². The lowest BCUT2D eigenvalue weighted by Gasteiger charge is -2.21. The lowest BCUT2D eigenvalue weighted by Crippen LogP contribution is -2.21. The molecule has 2 N–H and O–H groups in total. The highest BCUT2D eigenvalue weighted by Crippen LogP contribution is 2.23. The first kappa shape index (κ1) is 16.2. The number of aromatic nitrogens is 2. The van der Waals surface area contributed by atoms with Crippen molar-refractivity contribution in [2.75, 3.05) is 28.6 Å². The average Bonchev–Trinajstić information content (AvgIpc) is 3.42. The number of carbonyl (C=O) groups excluding carboxylic acids is 1. The van der Waals surface area contributed by atoms with Crippen molar-refractivity contribution in [1.82, 2.24) is 9.97 Å². The third kappa shape index (κ3) is 4.01. The summed E-state index contributed by atoms with van der Waals surface area (Å²) in [7, 11) is 0. The Morgan fingerprint density at radius 3 is 2.38 bits per heavy atom. The van der Waals surface area contributed by atoms with Crippen LogP contribution in [0, 0.1) is 0 Å². The van der Waals surface area contributed by atoms with Crippen LogP contribution >= 0.6 is 0 Å². The molecule has 1 aliphatic carbocycles. The fourth-order valence-corrected chi connectivity index (χ4v) is 2.50. The molecule has 1 aromatic heterocycles. The molecule has 1 heterocycles. The number of amides is 1. The summed E-state index contributed by atoms with van der Waals surface area (Å²) >= 11 is 0. The number of hydrogen-bond donors (Lipinski definition) is 2. The molecule has 1 aliphatic rings. The van der Waals surface area contributed by atoms with Gasteiger partial charge >= 0.3 is 0 Å². The number of anilines is 3. The molecular weight excluding hydrogens is 302 g/mol. The van der Waals surface area contributed by atoms with Crippen LogP contribution in [0.5, 0.6) is 0 Å². The molecule has 1 amide bonds. The second kappa shape index (κ2) is 7.29. The van der Waals surface area contributed by atoms with E-state index in [2.05, 4.69) is 39.3 Å². The minimum Gasteiger partial charge on any atom is -0.372 e. The summed E-state index contributed by atoms with van der Waals surface area (Å²) in [6, 6.07) is 8.35. The summed E-state index contributed by atoms with van der Waals surface area (Å²) in [6.07, 6.45) is 5.46. The highest BCUT2D eigenvalue weighted by molar-refractivity contribution is 6.02. The molecule has 0 atom stereocenters. The SMILES string of the molecule is CCN(CC)c1ccc(NC(=O)c2cnc(NC3CC3)cn2)cc1. The third-order valence-corrected chi connectivity index (χ3v) is 4.07. The zero-order chi connectivity index (χ0) is 16.9. The van der Waals surface area contributed by atoms with Gasteiger partial charge in [0.25, 0.3) is 5.91 Å². The summed E-state index contributed by atoms with van der Waals surface area (Å²) in [6.45, 7) is 6.16. The molecule has 1 saturated carbocycles. The van der Waals surface area contributed by atoms with Gasteiger partial charge in [-0.25, -0.2) is 9.97 Å². The van der Waals surface area contributed by atoms with Crippen molar-refractivity contribution < 1.29 is 4.79 Å². The fourth-order valence-electron chi connectivity index (χ4n) is 2.50. The smallest absolute Gasteiger partial charge is 0.275 e. The first-order valence-electron chi connectivity index (χ1n) is 8.44. The van der Waals surface area contributed by atoms with E-state index in [9.17, 15) is 4.79 Å². The Balaban J connectivity index is 1.61. The minimum atomic E-state index is -0.254. The maximum absolute atomic E-state index is 12.2. The fraction of sp³-hybridized carbons (Fsp3) is 0.389. The second-order valence-electron chi connectivity index (χ2n) is 5.88. The molecule has 0 saturated heterocycles. The van der Waals surface area contributed by atoms with Crippen LogP contribution in [0.3, 0.4) is 0 Å². The molecule has 0 unspecified atom stereocenters. The molecule has 6 nitrogen and oxygen atoms in total. The summed E-state index contributed by atoms with van der Waals surface area (Å²) < 4.78 is 0. The molecule has 24 heavy (non-hydrogen) atoms. The van der Waals surface area contributed by atoms with Crippen LogP contribution in [0.15, 0.2) is 36.7 Å². The van der Waals surface area contributed by atoms with Crippen molar-refractivity contribution >= 4 is 23.1 Å². The maximum atomic E-state index is 12.2. The van der Waals surface area contributed by atoms with E-state index in [0.717, 1.165) is 30.3 Å². The van der Waals surface area contributed by atoms with Gasteiger partial charge in [0.15, 0.2) is 0 Å². The summed E-state index contributed by atoms with van der Waals surface area (Å²) in [5.41, 5.74) is 2.20. The molecule has 126 valence electrons. The quantitative estimate of drug-likeness (QED) is 0.818. The predicted molar refractivity (Wildman–Crippen MR) is 96.6 cm³/mol. The number of nitrogens with one attached hydrogen (secondary N) is 2. The average molecular weight is 325 g/mol. The number of hydrogen-bond acceptors (Lipinski definition) is 5. The Bertz CT molecular complexity index is 676. The highest BCUT2D eigenvalue weighted by Gasteiger charge is 2.21. The van der Waals surface area contributed by atoms with Crippen molar-refractivity contribution in [3.8, 4) is 0 Å². The van der Waals surface area contributed by atoms with Crippen molar-refractivity contribution in [2.24, 2.45) is 0 Å². The first-order chi connectivity index (χ1) is 11.7. The number of benzene rings is 1. The Morgan fingerprint density at radius 1 is 1.12 bits per heavy atom. The number of nitrogens with zero attached hydrogens (tertiary/aromatic N) is 3. The standard InChI is InChI=1S/C18H23N5O/c1-3-23(4-2)15-9-7-14(8-10-15)22-18(24)16-11-20-17(12-19-16)21-13-5-6-13/h7-13H,3-6H2,1-2H3,(H,20,21)(H,22,24). The Hall–Kier alpha value is -2.63. The molecule has 3 rings (SSSR count). The molecule has 6 heteroatoms. The molecule has 0 spiro atoms. The number of rotatable bonds is 7. The van der Waals surface area contributed by atoms with E-state index in [4.69, 9.17) is 0 Å². The van der Waals surface area contributed by atoms with E-state index >= 15 is 0 Å². The van der Waals surface area contributed by atoms with Gasteiger partial charge in [-0.15, -0.1) is 0 Å². The highest BCUT2D eigenvalue weighted by atomic mass is 16.1. The molecule has 1 fully saturated rings. The van der Waals surface area contributed by atoms with Crippen LogP contribution < -0.4 is 15.5 Å². The third-order valence-electron chi connectivity index (χ3n) is 4.07. The van der Waals surface area contributed by atoms with Crippen LogP contribution in [0.1, 0.15) is 37.2 Å². The molecule has 0 aliphatic heterocycles. The molecule has 0 radical (unpaired) electrons. The topological polar surface area (TPSA) is 70.2 Å². The van der Waals surface area contributed by atoms with Crippen molar-refractivity contribution in [3.63, 3.8) is 0 Å². The van der Waals surface area contributed by atoms with Gasteiger partial charge in [-0.3, -0.25) is 4.79 Å². The van der Waals surface area contributed by atoms with Gasteiger partial charge in [-0.05, 0) is 51.0 Å². The molecule has 2 aromatic rings. The van der Waals surface area contributed by atoms with Crippen LogP contribution in [0.2, 0.25) is 0 Å². The molecule has 0 bridgehead atoms. The van der Waals surface area contributed by atoms with Gasteiger partial charge in [0.1, 0.15) is 11.5 Å². The van der Waals surface area contributed by atoms with Crippen LogP contribution in [0.4, 0.5) is 17.2 Å². The van der Waals surface area contributed by atoms with Crippen LogP contribution in [-0.2, 0) is 0 Å². The zero-order valence-electron chi connectivity index (χ0n) is 14.1. The van der Waals surface area contributed by atoms with Crippen molar-refractivity contribution in [3.05, 3.63) is 42.4 Å². The first-order valence-corrected chi connectivity index (χ1v) is 8.44. The van der Waals surface area contributed by atoms with E-state index in [1.807, 2.05) is 24.3 Å². The molecule has 1 aromatic carbocycles. The van der Waals surface area contributed by atoms with E-state index in [1.165, 1.54) is 19.0 Å². The Labute approximate surface area is 142 Å². The van der Waals surface area contributed by atoms with Gasteiger partial charge in [-0.1, -0.05) is 0 Å². The minimum absolute atomic E-state index is 0.254. The lowest BCUT2D eigenvalue weighted by molar-refractivity contribution is 0.102. The van der Waals surface area contributed by atoms with Gasteiger partial charge in [0.2, 0.25) is 0 Å². The van der Waals surface area contributed by atoms with Gasteiger partial charge in [0.05, 0.1) is 12.4 Å². The Morgan fingerprint density at radius 2 is 1.83 bits per heavy atom. The van der Waals surface area contributed by atoms with Gasteiger partial charge in [0, 0.05) is 30.5 Å². The van der Waals surface area contributed by atoms with Crippen LogP contribution in [0.25, 0.3) is 0 Å². The normalized spacial score (nSPS) is 13.4. The van der Waals surface area contributed by atoms with Gasteiger partial charge in [-0.2, -0.15) is 0 Å². The van der Waals surface area contributed by atoms with E-state index < -0.39 is 0 Å². The van der Waals surface area contributed by atoms with Crippen molar-refractivity contribution in [1.29, 1.82) is 0 Å². The maximum Gasteiger partial charge on any atom is 0.275 e. The van der Waals surface area contributed by atoms with E-state index in [-0.39, 0.29) is 5.91 Å². The Kier molecular flexibility index (Phi) is 4.93. The largest absolute Gasteiger partial charge is 0.372 e. The monoisotopic (exact) mass is 325 g/mol. The van der Waals surface area contributed by atoms with Crippen molar-refractivity contribution in [2.45, 2.75) is 32.7 Å². The lowest BCUT2D eigenvalue weighted by atomic mass is 10.2. The zero-order valence-corrected chi connectivity index (χ0v) is 14.1. The predicted octanol–water partition coefficient (Wildman–Crippen LogP) is 3.15. The number of carbonyl (C=O) groups is 1. The van der Waals surface area contributed by atoms with Gasteiger partial charge < -0.3 is 15.5 Å². The summed E-state index contributed by atoms with van der Waals surface area (Å²) in [5, 5.41) is 6.10. The second-order valence-corrected chi connectivity index (χ2v) is 5.88. The molecular formula is C18H23N5O. The summed E-state index contributed by atoms with van der Waals surface area (Å²) in [4.78, 5) is 22.9. The summed E-state index contributed by atoms with van der Waals surface area (Å²) in [5.74, 6) is 0.466. The van der Waals surface area contributed by atoms with E-state index in [1.54, 1.807) is 6.20 Å². The van der Waals surface area contributed by atoms with Crippen LogP contribution in [-0.4, -0.2) is 35.0 Å².